The topological polar surface area (TPSA) is 72.5 Å². The van der Waals surface area contributed by atoms with Crippen LogP contribution in [0.1, 0.15) is 74.2 Å². The number of benzene rings is 1. The van der Waals surface area contributed by atoms with E-state index in [9.17, 15) is 17.6 Å². The highest BCUT2D eigenvalue weighted by Gasteiger charge is 2.33. The standard InChI is InChI=1S/C19H26FNO4S/c1-19(2)8-4-5-13(11-19)25-17-10-16(20)15(9-14(17)12-6-7-12)18(22)21-26(3,23)24/h9-10,12-13H,4-8,11H2,1-3H3,(H,21,22). The van der Waals surface area contributed by atoms with Crippen molar-refractivity contribution >= 4 is 15.9 Å². The zero-order valence-corrected chi connectivity index (χ0v) is 16.3. The Bertz CT molecular complexity index is 815. The van der Waals surface area contributed by atoms with Crippen molar-refractivity contribution in [2.24, 2.45) is 5.41 Å². The molecule has 3 rings (SSSR count). The summed E-state index contributed by atoms with van der Waals surface area (Å²) in [6, 6.07) is 2.70. The molecule has 2 fully saturated rings. The molecular weight excluding hydrogens is 357 g/mol. The normalized spacial score (nSPS) is 22.7. The minimum atomic E-state index is -3.75. The van der Waals surface area contributed by atoms with Crippen molar-refractivity contribution < 1.29 is 22.3 Å². The lowest BCUT2D eigenvalue weighted by Crippen LogP contribution is -2.31. The summed E-state index contributed by atoms with van der Waals surface area (Å²) in [6.07, 6.45) is 6.91. The summed E-state index contributed by atoms with van der Waals surface area (Å²) in [6.45, 7) is 4.42. The van der Waals surface area contributed by atoms with Crippen LogP contribution in [0.5, 0.6) is 5.75 Å². The van der Waals surface area contributed by atoms with Crippen LogP contribution in [0.3, 0.4) is 0 Å². The summed E-state index contributed by atoms with van der Waals surface area (Å²) in [7, 11) is -3.75. The van der Waals surface area contributed by atoms with Crippen molar-refractivity contribution in [2.75, 3.05) is 6.26 Å². The first-order valence-electron chi connectivity index (χ1n) is 9.06. The van der Waals surface area contributed by atoms with Crippen molar-refractivity contribution in [3.63, 3.8) is 0 Å². The summed E-state index contributed by atoms with van der Waals surface area (Å²) in [4.78, 5) is 12.1. The van der Waals surface area contributed by atoms with Gasteiger partial charge < -0.3 is 4.74 Å². The maximum absolute atomic E-state index is 14.5. The van der Waals surface area contributed by atoms with Crippen LogP contribution in [0, 0.1) is 11.2 Å². The Morgan fingerprint density at radius 2 is 1.96 bits per heavy atom. The number of halogens is 1. The van der Waals surface area contributed by atoms with E-state index < -0.39 is 21.7 Å². The summed E-state index contributed by atoms with van der Waals surface area (Å²) in [5.41, 5.74) is 0.748. The monoisotopic (exact) mass is 383 g/mol. The largest absolute Gasteiger partial charge is 0.490 e. The third kappa shape index (κ3) is 4.75. The number of sulfonamides is 1. The van der Waals surface area contributed by atoms with E-state index in [1.807, 2.05) is 4.72 Å². The molecule has 7 heteroatoms. The molecule has 0 bridgehead atoms. The van der Waals surface area contributed by atoms with E-state index in [-0.39, 0.29) is 23.0 Å². The Hall–Kier alpha value is -1.63. The second kappa shape index (κ2) is 6.83. The molecule has 5 nitrogen and oxygen atoms in total. The molecule has 0 aromatic heterocycles. The van der Waals surface area contributed by atoms with Gasteiger partial charge in [0.2, 0.25) is 10.0 Å². The number of carbonyl (C=O) groups is 1. The van der Waals surface area contributed by atoms with Gasteiger partial charge in [-0.05, 0) is 61.5 Å². The second-order valence-electron chi connectivity index (χ2n) is 8.35. The Labute approximate surface area is 154 Å². The summed E-state index contributed by atoms with van der Waals surface area (Å²) in [5.74, 6) is -0.978. The van der Waals surface area contributed by atoms with Gasteiger partial charge >= 0.3 is 0 Å². The predicted octanol–water partition coefficient (Wildman–Crippen LogP) is 3.74. The average molecular weight is 383 g/mol. The molecule has 2 aliphatic rings. The molecule has 1 atom stereocenters. The Kier molecular flexibility index (Phi) is 5.03. The quantitative estimate of drug-likeness (QED) is 0.841. The smallest absolute Gasteiger partial charge is 0.267 e. The third-order valence-corrected chi connectivity index (χ3v) is 5.65. The highest BCUT2D eigenvalue weighted by molar-refractivity contribution is 7.89. The number of hydrogen-bond donors (Lipinski definition) is 1. The Balaban J connectivity index is 1.87. The van der Waals surface area contributed by atoms with Crippen LogP contribution < -0.4 is 9.46 Å². The molecule has 1 N–H and O–H groups in total. The SMILES string of the molecule is CC1(C)CCCC(Oc2cc(F)c(C(=O)NS(C)(=O)=O)cc2C2CC2)C1. The molecule has 0 aliphatic heterocycles. The number of ether oxygens (including phenoxy) is 1. The maximum atomic E-state index is 14.5. The average Bonchev–Trinajstić information content (AvgIpc) is 3.29. The van der Waals surface area contributed by atoms with Gasteiger partial charge in [-0.3, -0.25) is 4.79 Å². The number of rotatable bonds is 5. The first kappa shape index (κ1) is 19.1. The van der Waals surface area contributed by atoms with Gasteiger partial charge in [0, 0.05) is 6.07 Å². The molecule has 1 aromatic rings. The fourth-order valence-electron chi connectivity index (χ4n) is 3.69. The van der Waals surface area contributed by atoms with Gasteiger partial charge in [0.1, 0.15) is 11.6 Å². The molecule has 1 amide bonds. The number of amides is 1. The molecule has 26 heavy (non-hydrogen) atoms. The van der Waals surface area contributed by atoms with Crippen LogP contribution >= 0.6 is 0 Å². The minimum absolute atomic E-state index is 0.0337. The van der Waals surface area contributed by atoms with Crippen LogP contribution in [0.15, 0.2) is 12.1 Å². The zero-order chi connectivity index (χ0) is 19.1. The van der Waals surface area contributed by atoms with Gasteiger partial charge in [-0.15, -0.1) is 0 Å². The first-order chi connectivity index (χ1) is 12.0. The molecule has 0 heterocycles. The van der Waals surface area contributed by atoms with Gasteiger partial charge in [0.05, 0.1) is 17.9 Å². The van der Waals surface area contributed by atoms with E-state index in [1.54, 1.807) is 0 Å². The van der Waals surface area contributed by atoms with Crippen LogP contribution in [-0.4, -0.2) is 26.7 Å². The van der Waals surface area contributed by atoms with E-state index in [0.29, 0.717) is 5.75 Å². The van der Waals surface area contributed by atoms with Crippen molar-refractivity contribution in [3.8, 4) is 5.75 Å². The molecule has 2 saturated carbocycles. The molecule has 1 unspecified atom stereocenters. The van der Waals surface area contributed by atoms with E-state index in [0.717, 1.165) is 50.3 Å². The van der Waals surface area contributed by atoms with E-state index in [4.69, 9.17) is 4.74 Å². The molecule has 0 radical (unpaired) electrons. The Morgan fingerprint density at radius 1 is 1.27 bits per heavy atom. The number of hydrogen-bond acceptors (Lipinski definition) is 4. The highest BCUT2D eigenvalue weighted by atomic mass is 32.2. The fraction of sp³-hybridized carbons (Fsp3) is 0.632. The predicted molar refractivity (Wildman–Crippen MR) is 97.4 cm³/mol. The first-order valence-corrected chi connectivity index (χ1v) is 11.0. The molecular formula is C19H26FNO4S. The van der Waals surface area contributed by atoms with Crippen molar-refractivity contribution in [1.29, 1.82) is 0 Å². The molecule has 2 aliphatic carbocycles. The summed E-state index contributed by atoms with van der Waals surface area (Å²) < 4.78 is 45.0. The van der Waals surface area contributed by atoms with Crippen molar-refractivity contribution in [2.45, 2.75) is 64.4 Å². The van der Waals surface area contributed by atoms with Crippen LogP contribution in [-0.2, 0) is 10.0 Å². The maximum Gasteiger partial charge on any atom is 0.267 e. The molecule has 0 spiro atoms. The molecule has 144 valence electrons. The van der Waals surface area contributed by atoms with E-state index in [1.165, 1.54) is 12.1 Å². The van der Waals surface area contributed by atoms with Gasteiger partial charge in [-0.2, -0.15) is 0 Å². The van der Waals surface area contributed by atoms with Crippen molar-refractivity contribution in [1.82, 2.24) is 4.72 Å². The molecule has 0 saturated heterocycles. The minimum Gasteiger partial charge on any atom is -0.490 e. The fourth-order valence-corrected chi connectivity index (χ4v) is 4.14. The van der Waals surface area contributed by atoms with E-state index >= 15 is 0 Å². The lowest BCUT2D eigenvalue weighted by Gasteiger charge is -2.35. The number of nitrogens with one attached hydrogen (secondary N) is 1. The van der Waals surface area contributed by atoms with Gasteiger partial charge in [-0.25, -0.2) is 17.5 Å². The van der Waals surface area contributed by atoms with Gasteiger partial charge in [0.25, 0.3) is 5.91 Å². The third-order valence-electron chi connectivity index (χ3n) is 5.09. The highest BCUT2D eigenvalue weighted by Crippen LogP contribution is 2.46. The summed E-state index contributed by atoms with van der Waals surface area (Å²) in [5, 5.41) is 0. The van der Waals surface area contributed by atoms with Crippen LogP contribution in [0.4, 0.5) is 4.39 Å². The van der Waals surface area contributed by atoms with Gasteiger partial charge in [-0.1, -0.05) is 13.8 Å². The second-order valence-corrected chi connectivity index (χ2v) is 10.1. The summed E-state index contributed by atoms with van der Waals surface area (Å²) >= 11 is 0. The van der Waals surface area contributed by atoms with E-state index in [2.05, 4.69) is 13.8 Å². The molecule has 1 aromatic carbocycles. The van der Waals surface area contributed by atoms with Crippen LogP contribution in [0.2, 0.25) is 0 Å². The number of carbonyl (C=O) groups excluding carboxylic acids is 1. The lowest BCUT2D eigenvalue weighted by atomic mass is 9.76. The van der Waals surface area contributed by atoms with Gasteiger partial charge in [0.15, 0.2) is 0 Å². The van der Waals surface area contributed by atoms with Crippen LogP contribution in [0.25, 0.3) is 0 Å². The Morgan fingerprint density at radius 3 is 2.54 bits per heavy atom. The van der Waals surface area contributed by atoms with Crippen molar-refractivity contribution in [3.05, 3.63) is 29.1 Å². The zero-order valence-electron chi connectivity index (χ0n) is 15.5. The lowest BCUT2D eigenvalue weighted by molar-refractivity contribution is 0.0840.